The smallest absolute Gasteiger partial charge is 0.0726 e. The van der Waals surface area contributed by atoms with Crippen molar-refractivity contribution in [3.05, 3.63) is 35.5 Å². The summed E-state index contributed by atoms with van der Waals surface area (Å²) >= 11 is 0. The molecule has 0 saturated carbocycles. The number of aromatic nitrogens is 1. The molecule has 0 fully saturated rings. The van der Waals surface area contributed by atoms with Crippen molar-refractivity contribution in [3.63, 3.8) is 0 Å². The molecule has 2 aromatic rings. The highest BCUT2D eigenvalue weighted by Gasteiger charge is 2.27. The number of anilines is 1. The first-order valence-electron chi connectivity index (χ1n) is 6.32. The topological polar surface area (TPSA) is 38.9 Å². The van der Waals surface area contributed by atoms with E-state index in [1.807, 2.05) is 12.1 Å². The van der Waals surface area contributed by atoms with Crippen molar-refractivity contribution in [1.82, 2.24) is 4.98 Å². The number of nitrogens with two attached hydrogens (primary N) is 1. The number of hydrogen-bond acceptors (Lipinski definition) is 2. The fraction of sp³-hybridized carbons (Fsp3) is 0.400. The molecule has 1 aliphatic carbocycles. The Hall–Kier alpha value is -1.57. The van der Waals surface area contributed by atoms with Gasteiger partial charge in [-0.1, -0.05) is 32.0 Å². The van der Waals surface area contributed by atoms with Gasteiger partial charge < -0.3 is 5.73 Å². The molecule has 1 aliphatic rings. The second-order valence-corrected chi connectivity index (χ2v) is 5.38. The lowest BCUT2D eigenvalue weighted by Gasteiger charge is -2.12. The van der Waals surface area contributed by atoms with Crippen molar-refractivity contribution in [1.29, 1.82) is 0 Å². The second kappa shape index (κ2) is 3.73. The summed E-state index contributed by atoms with van der Waals surface area (Å²) in [5.41, 5.74) is 10.8. The van der Waals surface area contributed by atoms with Gasteiger partial charge in [0.05, 0.1) is 5.52 Å². The van der Waals surface area contributed by atoms with Gasteiger partial charge in [0.25, 0.3) is 0 Å². The lowest BCUT2D eigenvalue weighted by molar-refractivity contribution is 0.403. The van der Waals surface area contributed by atoms with E-state index in [1.165, 1.54) is 11.3 Å². The highest BCUT2D eigenvalue weighted by molar-refractivity contribution is 5.92. The summed E-state index contributed by atoms with van der Waals surface area (Å²) < 4.78 is 0. The molecule has 17 heavy (non-hydrogen) atoms. The van der Waals surface area contributed by atoms with Crippen molar-refractivity contribution in [2.75, 3.05) is 5.73 Å². The van der Waals surface area contributed by atoms with E-state index in [1.54, 1.807) is 0 Å². The fourth-order valence-corrected chi connectivity index (χ4v) is 2.78. The van der Waals surface area contributed by atoms with Gasteiger partial charge >= 0.3 is 0 Å². The summed E-state index contributed by atoms with van der Waals surface area (Å²) in [5, 5.41) is 1.11. The zero-order valence-corrected chi connectivity index (χ0v) is 10.4. The molecule has 0 unspecified atom stereocenters. The minimum atomic E-state index is 0.701. The Balaban J connectivity index is 2.17. The lowest BCUT2D eigenvalue weighted by atomic mass is 9.93. The number of para-hydroxylation sites is 1. The van der Waals surface area contributed by atoms with Gasteiger partial charge in [0, 0.05) is 16.8 Å². The number of nitrogen functional groups attached to an aromatic ring is 1. The standard InChI is InChI=1S/C15H18N2/c1-9(2)10-7-12-14(8-10)17-13-6-4-3-5-11(13)15(12)16/h3-6,9-10H,7-8H2,1-2H3,(H2,16,17)/t10-/m0/s1. The van der Waals surface area contributed by atoms with E-state index in [0.29, 0.717) is 11.8 Å². The maximum Gasteiger partial charge on any atom is 0.0726 e. The number of fused-ring (bicyclic) bond motifs is 2. The Morgan fingerprint density at radius 3 is 2.76 bits per heavy atom. The van der Waals surface area contributed by atoms with Crippen LogP contribution < -0.4 is 5.73 Å². The molecule has 2 heteroatoms. The van der Waals surface area contributed by atoms with Crippen molar-refractivity contribution in [3.8, 4) is 0 Å². The quantitative estimate of drug-likeness (QED) is 0.811. The number of benzene rings is 1. The van der Waals surface area contributed by atoms with Crippen molar-refractivity contribution < 1.29 is 0 Å². The summed E-state index contributed by atoms with van der Waals surface area (Å²) in [4.78, 5) is 4.77. The second-order valence-electron chi connectivity index (χ2n) is 5.38. The van der Waals surface area contributed by atoms with Gasteiger partial charge in [0.2, 0.25) is 0 Å². The van der Waals surface area contributed by atoms with Crippen LogP contribution in [0, 0.1) is 11.8 Å². The van der Waals surface area contributed by atoms with Gasteiger partial charge in [0.15, 0.2) is 0 Å². The Kier molecular flexibility index (Phi) is 2.32. The van der Waals surface area contributed by atoms with E-state index in [-0.39, 0.29) is 0 Å². The third kappa shape index (κ3) is 1.59. The van der Waals surface area contributed by atoms with Crippen LogP contribution in [0.1, 0.15) is 25.1 Å². The summed E-state index contributed by atoms with van der Waals surface area (Å²) in [6, 6.07) is 8.17. The monoisotopic (exact) mass is 226 g/mol. The molecule has 1 aromatic carbocycles. The van der Waals surface area contributed by atoms with E-state index in [9.17, 15) is 0 Å². The van der Waals surface area contributed by atoms with Crippen LogP contribution in [-0.2, 0) is 12.8 Å². The zero-order chi connectivity index (χ0) is 12.0. The van der Waals surface area contributed by atoms with Gasteiger partial charge in [-0.3, -0.25) is 4.98 Å². The number of rotatable bonds is 1. The Morgan fingerprint density at radius 1 is 1.24 bits per heavy atom. The maximum absolute atomic E-state index is 6.29. The molecule has 0 spiro atoms. The van der Waals surface area contributed by atoms with Crippen LogP contribution in [0.3, 0.4) is 0 Å². The minimum Gasteiger partial charge on any atom is -0.398 e. The molecular formula is C15H18N2. The van der Waals surface area contributed by atoms with Gasteiger partial charge in [-0.25, -0.2) is 0 Å². The normalized spacial score (nSPS) is 18.9. The maximum atomic E-state index is 6.29. The van der Waals surface area contributed by atoms with Gasteiger partial charge in [0.1, 0.15) is 0 Å². The van der Waals surface area contributed by atoms with Gasteiger partial charge in [-0.05, 0) is 36.3 Å². The molecule has 88 valence electrons. The highest BCUT2D eigenvalue weighted by atomic mass is 14.7. The van der Waals surface area contributed by atoms with E-state index in [4.69, 9.17) is 10.7 Å². The molecule has 1 heterocycles. The van der Waals surface area contributed by atoms with Crippen LogP contribution in [0.2, 0.25) is 0 Å². The van der Waals surface area contributed by atoms with Crippen LogP contribution in [-0.4, -0.2) is 4.98 Å². The van der Waals surface area contributed by atoms with Gasteiger partial charge in [-0.2, -0.15) is 0 Å². The van der Waals surface area contributed by atoms with Crippen LogP contribution >= 0.6 is 0 Å². The van der Waals surface area contributed by atoms with E-state index < -0.39 is 0 Å². The summed E-state index contributed by atoms with van der Waals surface area (Å²) in [6.45, 7) is 4.57. The SMILES string of the molecule is CC(C)[C@@H]1Cc2nc3ccccc3c(N)c2C1. The highest BCUT2D eigenvalue weighted by Crippen LogP contribution is 2.36. The first kappa shape index (κ1) is 10.6. The van der Waals surface area contributed by atoms with Gasteiger partial charge in [-0.15, -0.1) is 0 Å². The molecule has 0 aliphatic heterocycles. The molecule has 1 atom stereocenters. The molecule has 0 amide bonds. The van der Waals surface area contributed by atoms with Crippen molar-refractivity contribution in [2.24, 2.45) is 11.8 Å². The van der Waals surface area contributed by atoms with Crippen LogP contribution in [0.25, 0.3) is 10.9 Å². The van der Waals surface area contributed by atoms with E-state index >= 15 is 0 Å². The molecule has 0 radical (unpaired) electrons. The summed E-state index contributed by atoms with van der Waals surface area (Å²) in [5.74, 6) is 1.41. The van der Waals surface area contributed by atoms with E-state index in [0.717, 1.165) is 29.4 Å². The molecule has 2 N–H and O–H groups in total. The average Bonchev–Trinajstić information content (AvgIpc) is 2.74. The van der Waals surface area contributed by atoms with Crippen LogP contribution in [0.15, 0.2) is 24.3 Å². The average molecular weight is 226 g/mol. The minimum absolute atomic E-state index is 0.701. The Labute approximate surface area is 102 Å². The Bertz CT molecular complexity index is 572. The summed E-state index contributed by atoms with van der Waals surface area (Å²) in [7, 11) is 0. The summed E-state index contributed by atoms with van der Waals surface area (Å²) in [6.07, 6.45) is 2.18. The molecular weight excluding hydrogens is 208 g/mol. The lowest BCUT2D eigenvalue weighted by Crippen LogP contribution is -2.07. The van der Waals surface area contributed by atoms with E-state index in [2.05, 4.69) is 26.0 Å². The predicted molar refractivity (Wildman–Crippen MR) is 71.9 cm³/mol. The predicted octanol–water partition coefficient (Wildman–Crippen LogP) is 3.19. The largest absolute Gasteiger partial charge is 0.398 e. The van der Waals surface area contributed by atoms with Crippen molar-refractivity contribution >= 4 is 16.6 Å². The molecule has 3 rings (SSSR count). The third-order valence-corrected chi connectivity index (χ3v) is 3.99. The number of pyridine rings is 1. The molecule has 0 bridgehead atoms. The Morgan fingerprint density at radius 2 is 2.00 bits per heavy atom. The first-order valence-corrected chi connectivity index (χ1v) is 6.32. The molecule has 2 nitrogen and oxygen atoms in total. The molecule has 0 saturated heterocycles. The number of nitrogens with zero attached hydrogens (tertiary/aromatic N) is 1. The van der Waals surface area contributed by atoms with Crippen LogP contribution in [0.5, 0.6) is 0 Å². The van der Waals surface area contributed by atoms with Crippen molar-refractivity contribution in [2.45, 2.75) is 26.7 Å². The fourth-order valence-electron chi connectivity index (χ4n) is 2.78. The first-order chi connectivity index (χ1) is 8.16. The third-order valence-electron chi connectivity index (χ3n) is 3.99. The number of hydrogen-bond donors (Lipinski definition) is 1. The molecule has 1 aromatic heterocycles. The van der Waals surface area contributed by atoms with Crippen LogP contribution in [0.4, 0.5) is 5.69 Å². The zero-order valence-electron chi connectivity index (χ0n) is 10.4.